The number of nitrogens with zero attached hydrogens (tertiary/aromatic N) is 4. The smallest absolute Gasteiger partial charge is 0.234 e. The van der Waals surface area contributed by atoms with Crippen LogP contribution in [0.15, 0.2) is 36.1 Å². The molecule has 1 saturated carbocycles. The Bertz CT molecular complexity index is 1080. The molecule has 31 heavy (non-hydrogen) atoms. The first-order chi connectivity index (χ1) is 15.1. The van der Waals surface area contributed by atoms with Crippen LogP contribution in [0.3, 0.4) is 0 Å². The van der Waals surface area contributed by atoms with E-state index in [-0.39, 0.29) is 11.2 Å². The van der Waals surface area contributed by atoms with Crippen molar-refractivity contribution in [1.29, 1.82) is 0 Å². The highest BCUT2D eigenvalue weighted by atomic mass is 32.2. The number of amides is 1. The van der Waals surface area contributed by atoms with Crippen molar-refractivity contribution >= 4 is 39.2 Å². The summed E-state index contributed by atoms with van der Waals surface area (Å²) in [6.07, 6.45) is 7.31. The number of anilines is 2. The highest BCUT2D eigenvalue weighted by molar-refractivity contribution is 7.87. The normalized spacial score (nSPS) is 15.2. The van der Waals surface area contributed by atoms with Crippen LogP contribution in [0.4, 0.5) is 10.9 Å². The molecule has 0 radical (unpaired) electrons. The van der Waals surface area contributed by atoms with Gasteiger partial charge in [0.15, 0.2) is 5.13 Å². The lowest BCUT2D eigenvalue weighted by Gasteiger charge is -2.12. The summed E-state index contributed by atoms with van der Waals surface area (Å²) in [6, 6.07) is 3.53. The van der Waals surface area contributed by atoms with Crippen molar-refractivity contribution in [2.45, 2.75) is 37.4 Å². The lowest BCUT2D eigenvalue weighted by molar-refractivity contribution is -0.117. The van der Waals surface area contributed by atoms with Crippen molar-refractivity contribution in [3.63, 3.8) is 0 Å². The van der Waals surface area contributed by atoms with E-state index in [0.29, 0.717) is 34.6 Å². The lowest BCUT2D eigenvalue weighted by Crippen LogP contribution is -2.21. The van der Waals surface area contributed by atoms with E-state index in [4.69, 9.17) is 4.74 Å². The van der Waals surface area contributed by atoms with Crippen molar-refractivity contribution < 1.29 is 13.7 Å². The molecule has 11 heteroatoms. The van der Waals surface area contributed by atoms with Gasteiger partial charge in [-0.25, -0.2) is 19.2 Å². The summed E-state index contributed by atoms with van der Waals surface area (Å²) in [5.41, 5.74) is 2.04. The zero-order chi connectivity index (χ0) is 21.8. The molecule has 162 valence electrons. The van der Waals surface area contributed by atoms with Gasteiger partial charge in [0, 0.05) is 17.1 Å². The van der Waals surface area contributed by atoms with E-state index >= 15 is 0 Å². The number of hydrogen-bond acceptors (Lipinski definition) is 8. The van der Waals surface area contributed by atoms with E-state index in [1.165, 1.54) is 24.6 Å². The van der Waals surface area contributed by atoms with Crippen LogP contribution < -0.4 is 14.8 Å². The van der Waals surface area contributed by atoms with Crippen LogP contribution in [0.1, 0.15) is 37.8 Å². The van der Waals surface area contributed by atoms with E-state index in [0.717, 1.165) is 18.4 Å². The van der Waals surface area contributed by atoms with E-state index in [2.05, 4.69) is 30.0 Å². The molecule has 3 aromatic rings. The molecular formula is C20H22N6O3S2. The average Bonchev–Trinajstić information content (AvgIpc) is 3.55. The van der Waals surface area contributed by atoms with Crippen LogP contribution in [0, 0.1) is 0 Å². The van der Waals surface area contributed by atoms with Crippen LogP contribution in [0.5, 0.6) is 5.88 Å². The molecule has 0 bridgehead atoms. The molecule has 2 unspecified atom stereocenters. The SMILES string of the molecule is CCC(C(=O)Nc1ccc(-c2cncc(OC)n2)cn1)c1csc(NS(=O)C2CC2)n1. The Balaban J connectivity index is 1.41. The quantitative estimate of drug-likeness (QED) is 0.504. The molecule has 1 amide bonds. The Kier molecular flexibility index (Phi) is 6.52. The summed E-state index contributed by atoms with van der Waals surface area (Å²) in [5.74, 6) is 0.237. The molecule has 1 aliphatic carbocycles. The van der Waals surface area contributed by atoms with Gasteiger partial charge in [-0.3, -0.25) is 14.5 Å². The Morgan fingerprint density at radius 3 is 2.81 bits per heavy atom. The summed E-state index contributed by atoms with van der Waals surface area (Å²) < 4.78 is 20.1. The molecule has 9 nitrogen and oxygen atoms in total. The molecule has 2 atom stereocenters. The maximum absolute atomic E-state index is 12.8. The monoisotopic (exact) mass is 458 g/mol. The molecule has 3 heterocycles. The predicted octanol–water partition coefficient (Wildman–Crippen LogP) is 3.37. The zero-order valence-electron chi connectivity index (χ0n) is 17.1. The number of carbonyl (C=O) groups excluding carboxylic acids is 1. The van der Waals surface area contributed by atoms with Crippen molar-refractivity contribution in [2.24, 2.45) is 0 Å². The maximum atomic E-state index is 12.8. The highest BCUT2D eigenvalue weighted by Crippen LogP contribution is 2.30. The fraction of sp³-hybridized carbons (Fsp3) is 0.350. The largest absolute Gasteiger partial charge is 0.480 e. The minimum absolute atomic E-state index is 0.191. The number of methoxy groups -OCH3 is 1. The van der Waals surface area contributed by atoms with Gasteiger partial charge in [0.1, 0.15) is 16.8 Å². The number of pyridine rings is 1. The third-order valence-electron chi connectivity index (χ3n) is 4.75. The molecular weight excluding hydrogens is 436 g/mol. The summed E-state index contributed by atoms with van der Waals surface area (Å²) in [7, 11) is 0.424. The number of aromatic nitrogens is 4. The summed E-state index contributed by atoms with van der Waals surface area (Å²) in [6.45, 7) is 1.93. The molecule has 0 aromatic carbocycles. The van der Waals surface area contributed by atoms with Crippen LogP contribution in [-0.2, 0) is 15.8 Å². The molecule has 2 N–H and O–H groups in total. The molecule has 1 aliphatic rings. The fourth-order valence-electron chi connectivity index (χ4n) is 2.89. The first kappa shape index (κ1) is 21.3. The first-order valence-corrected chi connectivity index (χ1v) is 11.9. The van der Waals surface area contributed by atoms with Crippen LogP contribution in [-0.4, -0.2) is 42.4 Å². The Morgan fingerprint density at radius 1 is 1.29 bits per heavy atom. The maximum Gasteiger partial charge on any atom is 0.234 e. The highest BCUT2D eigenvalue weighted by Gasteiger charge is 2.29. The third kappa shape index (κ3) is 5.23. The van der Waals surface area contributed by atoms with Gasteiger partial charge in [-0.05, 0) is 31.4 Å². The Hall–Kier alpha value is -2.92. The van der Waals surface area contributed by atoms with E-state index < -0.39 is 16.9 Å². The van der Waals surface area contributed by atoms with Crippen molar-refractivity contribution in [2.75, 3.05) is 17.1 Å². The fourth-order valence-corrected chi connectivity index (χ4v) is 4.89. The van der Waals surface area contributed by atoms with Gasteiger partial charge >= 0.3 is 0 Å². The first-order valence-electron chi connectivity index (χ1n) is 9.83. The second kappa shape index (κ2) is 9.48. The van der Waals surface area contributed by atoms with E-state index in [1.807, 2.05) is 18.4 Å². The Labute approximate surface area is 186 Å². The van der Waals surface area contributed by atoms with Gasteiger partial charge in [-0.15, -0.1) is 11.3 Å². The lowest BCUT2D eigenvalue weighted by atomic mass is 10.0. The molecule has 0 aliphatic heterocycles. The number of nitrogens with one attached hydrogen (secondary N) is 2. The van der Waals surface area contributed by atoms with Gasteiger partial charge < -0.3 is 10.1 Å². The van der Waals surface area contributed by atoms with Crippen LogP contribution in [0.2, 0.25) is 0 Å². The minimum atomic E-state index is -1.11. The number of carbonyl (C=O) groups is 1. The zero-order valence-corrected chi connectivity index (χ0v) is 18.7. The summed E-state index contributed by atoms with van der Waals surface area (Å²) in [5, 5.41) is 5.47. The van der Waals surface area contributed by atoms with Gasteiger partial charge in [-0.2, -0.15) is 0 Å². The summed E-state index contributed by atoms with van der Waals surface area (Å²) >= 11 is 1.36. The molecule has 3 aromatic heterocycles. The third-order valence-corrected chi connectivity index (χ3v) is 7.13. The topological polar surface area (TPSA) is 119 Å². The average molecular weight is 459 g/mol. The van der Waals surface area contributed by atoms with E-state index in [9.17, 15) is 9.00 Å². The summed E-state index contributed by atoms with van der Waals surface area (Å²) in [4.78, 5) is 30.0. The second-order valence-corrected chi connectivity index (χ2v) is 9.33. The van der Waals surface area contributed by atoms with Crippen molar-refractivity contribution in [3.05, 3.63) is 41.8 Å². The number of rotatable bonds is 9. The van der Waals surface area contributed by atoms with Crippen LogP contribution >= 0.6 is 11.3 Å². The van der Waals surface area contributed by atoms with Gasteiger partial charge in [0.2, 0.25) is 11.8 Å². The minimum Gasteiger partial charge on any atom is -0.480 e. The number of ether oxygens (including phenoxy) is 1. The molecule has 0 spiro atoms. The second-order valence-electron chi connectivity index (χ2n) is 7.01. The Morgan fingerprint density at radius 2 is 2.13 bits per heavy atom. The van der Waals surface area contributed by atoms with Crippen molar-refractivity contribution in [3.8, 4) is 17.1 Å². The predicted molar refractivity (Wildman–Crippen MR) is 120 cm³/mol. The van der Waals surface area contributed by atoms with Crippen LogP contribution in [0.25, 0.3) is 11.3 Å². The van der Waals surface area contributed by atoms with Crippen molar-refractivity contribution in [1.82, 2.24) is 19.9 Å². The molecule has 1 fully saturated rings. The van der Waals surface area contributed by atoms with Gasteiger partial charge in [0.25, 0.3) is 0 Å². The molecule has 0 saturated heterocycles. The van der Waals surface area contributed by atoms with Gasteiger partial charge in [-0.1, -0.05) is 6.92 Å². The van der Waals surface area contributed by atoms with E-state index in [1.54, 1.807) is 18.5 Å². The van der Waals surface area contributed by atoms with Gasteiger partial charge in [0.05, 0.1) is 42.1 Å². The molecule has 4 rings (SSSR count). The standard InChI is InChI=1S/C20H22N6O3S2/c1-3-14(16-11-30-20(24-16)26-31(28)13-5-6-13)19(27)25-17-7-4-12(8-22-17)15-9-21-10-18(23-15)29-2/h4,7-11,13-14H,3,5-6H2,1-2H3,(H,24,26)(H,22,25,27). The number of thiazole rings is 1. The number of hydrogen-bond donors (Lipinski definition) is 2.